The third-order valence-corrected chi connectivity index (χ3v) is 8.29. The van der Waals surface area contributed by atoms with E-state index in [1.165, 1.54) is 46.2 Å². The average Bonchev–Trinajstić information content (AvgIpc) is 2.87. The minimum atomic E-state index is 0.182. The zero-order valence-corrected chi connectivity index (χ0v) is 23.5. The Hall–Kier alpha value is -2.58. The van der Waals surface area contributed by atoms with Gasteiger partial charge in [-0.15, -0.1) is 0 Å². The molecule has 0 atom stereocenters. The fraction of sp³-hybridized carbons (Fsp3) is 0.471. The van der Waals surface area contributed by atoms with Crippen LogP contribution in [0.25, 0.3) is 22.3 Å². The van der Waals surface area contributed by atoms with E-state index >= 15 is 0 Å². The predicted octanol–water partition coefficient (Wildman–Crippen LogP) is 8.87. The highest BCUT2D eigenvalue weighted by atomic mass is 16.5. The first-order valence-corrected chi connectivity index (χ1v) is 13.8. The maximum atomic E-state index is 6.44. The molecule has 36 heavy (non-hydrogen) atoms. The van der Waals surface area contributed by atoms with Gasteiger partial charge >= 0.3 is 0 Å². The van der Waals surface area contributed by atoms with E-state index in [4.69, 9.17) is 4.74 Å². The summed E-state index contributed by atoms with van der Waals surface area (Å²) in [5, 5.41) is 0. The van der Waals surface area contributed by atoms with E-state index in [0.717, 1.165) is 31.7 Å². The van der Waals surface area contributed by atoms with Crippen LogP contribution in [0.15, 0.2) is 66.7 Å². The van der Waals surface area contributed by atoms with Gasteiger partial charge in [-0.2, -0.15) is 0 Å². The highest BCUT2D eigenvalue weighted by molar-refractivity contribution is 5.78. The summed E-state index contributed by atoms with van der Waals surface area (Å²) in [5.41, 5.74) is 8.31. The molecule has 2 heteroatoms. The van der Waals surface area contributed by atoms with Crippen molar-refractivity contribution >= 4 is 0 Å². The molecule has 0 aromatic heterocycles. The van der Waals surface area contributed by atoms with E-state index in [2.05, 4.69) is 120 Å². The van der Waals surface area contributed by atoms with Crippen molar-refractivity contribution in [3.63, 3.8) is 0 Å². The third kappa shape index (κ3) is 5.86. The molecule has 3 aromatic carbocycles. The first-order chi connectivity index (χ1) is 17.1. The Morgan fingerprint density at radius 3 is 2.11 bits per heavy atom. The number of unbranched alkanes of at least 4 members (excludes halogenated alkanes) is 1. The molecule has 0 unspecified atom stereocenters. The molecule has 0 bridgehead atoms. The van der Waals surface area contributed by atoms with Gasteiger partial charge in [0, 0.05) is 11.6 Å². The first-order valence-electron chi connectivity index (χ1n) is 13.8. The number of hydrogen-bond donors (Lipinski definition) is 0. The number of hydrogen-bond acceptors (Lipinski definition) is 2. The quantitative estimate of drug-likeness (QED) is 0.282. The van der Waals surface area contributed by atoms with Crippen LogP contribution in [0.3, 0.4) is 0 Å². The molecule has 0 heterocycles. The van der Waals surface area contributed by atoms with Crippen LogP contribution in [0.5, 0.6) is 5.75 Å². The summed E-state index contributed by atoms with van der Waals surface area (Å²) in [6.45, 7) is 15.9. The number of ether oxygens (including phenoxy) is 1. The highest BCUT2D eigenvalue weighted by Crippen LogP contribution is 2.47. The van der Waals surface area contributed by atoms with Crippen molar-refractivity contribution in [2.75, 3.05) is 20.2 Å². The van der Waals surface area contributed by atoms with Gasteiger partial charge in [-0.1, -0.05) is 82.3 Å². The second-order valence-electron chi connectivity index (χ2n) is 12.2. The lowest BCUT2D eigenvalue weighted by molar-refractivity contribution is 0.249. The fourth-order valence-corrected chi connectivity index (χ4v) is 5.35. The Balaban J connectivity index is 1.66. The molecular weight excluding hydrogens is 438 g/mol. The number of benzene rings is 3. The van der Waals surface area contributed by atoms with Crippen LogP contribution in [-0.4, -0.2) is 31.1 Å². The Bertz CT molecular complexity index is 1160. The molecular formula is C34H45NO. The second-order valence-corrected chi connectivity index (χ2v) is 12.2. The SMILES string of the molecule is CC(C)N(C)CCCCOc1ccc(-c2ccccc2)cc1-c1ccc2c(c1)C(C)(C)CCC2(C)C. The maximum Gasteiger partial charge on any atom is 0.127 e. The number of fused-ring (bicyclic) bond motifs is 1. The van der Waals surface area contributed by atoms with Gasteiger partial charge in [0.15, 0.2) is 0 Å². The maximum absolute atomic E-state index is 6.44. The van der Waals surface area contributed by atoms with Crippen LogP contribution in [0.2, 0.25) is 0 Å². The molecule has 0 saturated heterocycles. The molecule has 1 aliphatic carbocycles. The smallest absolute Gasteiger partial charge is 0.127 e. The lowest BCUT2D eigenvalue weighted by Crippen LogP contribution is -2.33. The van der Waals surface area contributed by atoms with Crippen molar-refractivity contribution in [3.8, 4) is 28.0 Å². The predicted molar refractivity (Wildman–Crippen MR) is 155 cm³/mol. The summed E-state index contributed by atoms with van der Waals surface area (Å²) in [6, 6.07) is 25.1. The van der Waals surface area contributed by atoms with Crippen molar-refractivity contribution in [3.05, 3.63) is 77.9 Å². The van der Waals surface area contributed by atoms with E-state index in [0.29, 0.717) is 6.04 Å². The third-order valence-electron chi connectivity index (χ3n) is 8.29. The van der Waals surface area contributed by atoms with Crippen LogP contribution in [0, 0.1) is 0 Å². The fourth-order valence-electron chi connectivity index (χ4n) is 5.35. The molecule has 0 saturated carbocycles. The van der Waals surface area contributed by atoms with E-state index in [9.17, 15) is 0 Å². The minimum absolute atomic E-state index is 0.182. The van der Waals surface area contributed by atoms with Crippen molar-refractivity contribution in [2.24, 2.45) is 0 Å². The van der Waals surface area contributed by atoms with Gasteiger partial charge in [0.25, 0.3) is 0 Å². The Labute approximate surface area is 219 Å². The Morgan fingerprint density at radius 1 is 0.750 bits per heavy atom. The normalized spacial score (nSPS) is 16.2. The van der Waals surface area contributed by atoms with Crippen molar-refractivity contribution in [1.82, 2.24) is 4.90 Å². The zero-order valence-electron chi connectivity index (χ0n) is 23.5. The zero-order chi connectivity index (χ0) is 25.9. The molecule has 0 N–H and O–H groups in total. The van der Waals surface area contributed by atoms with E-state index in [1.54, 1.807) is 0 Å². The molecule has 3 aromatic rings. The van der Waals surface area contributed by atoms with Crippen LogP contribution >= 0.6 is 0 Å². The van der Waals surface area contributed by atoms with E-state index in [1.807, 2.05) is 0 Å². The summed E-state index contributed by atoms with van der Waals surface area (Å²) in [6.07, 6.45) is 4.65. The standard InChI is InChI=1S/C34H45NO/c1-25(2)35(7)21-11-12-22-36-32-18-16-27(26-13-9-8-10-14-26)23-29(32)28-15-17-30-31(24-28)34(5,6)20-19-33(30,3)4/h8-10,13-18,23-25H,11-12,19-22H2,1-7H3. The Morgan fingerprint density at radius 2 is 1.42 bits per heavy atom. The molecule has 0 amide bonds. The van der Waals surface area contributed by atoms with Gasteiger partial charge in [0.1, 0.15) is 5.75 Å². The second kappa shape index (κ2) is 10.8. The molecule has 2 nitrogen and oxygen atoms in total. The van der Waals surface area contributed by atoms with Crippen molar-refractivity contribution in [2.45, 2.75) is 84.1 Å². The topological polar surface area (TPSA) is 12.5 Å². The molecule has 0 fully saturated rings. The molecule has 0 spiro atoms. The first kappa shape index (κ1) is 26.5. The summed E-state index contributed by atoms with van der Waals surface area (Å²) in [4.78, 5) is 2.40. The summed E-state index contributed by atoms with van der Waals surface area (Å²) in [5.74, 6) is 0.986. The largest absolute Gasteiger partial charge is 0.493 e. The number of rotatable bonds is 9. The molecule has 1 aliphatic rings. The van der Waals surface area contributed by atoms with E-state index in [-0.39, 0.29) is 10.8 Å². The van der Waals surface area contributed by atoms with Gasteiger partial charge < -0.3 is 9.64 Å². The van der Waals surface area contributed by atoms with Gasteiger partial charge in [-0.25, -0.2) is 0 Å². The lowest BCUT2D eigenvalue weighted by Gasteiger charge is -2.42. The summed E-state index contributed by atoms with van der Waals surface area (Å²) >= 11 is 0. The lowest BCUT2D eigenvalue weighted by atomic mass is 9.63. The highest BCUT2D eigenvalue weighted by Gasteiger charge is 2.37. The van der Waals surface area contributed by atoms with Crippen molar-refractivity contribution in [1.29, 1.82) is 0 Å². The van der Waals surface area contributed by atoms with Crippen LogP contribution < -0.4 is 4.74 Å². The van der Waals surface area contributed by atoms with Gasteiger partial charge in [-0.05, 0) is 104 Å². The van der Waals surface area contributed by atoms with E-state index < -0.39 is 0 Å². The monoisotopic (exact) mass is 483 g/mol. The van der Waals surface area contributed by atoms with Gasteiger partial charge in [-0.3, -0.25) is 0 Å². The Kier molecular flexibility index (Phi) is 7.95. The number of nitrogens with zero attached hydrogens (tertiary/aromatic N) is 1. The average molecular weight is 484 g/mol. The molecule has 0 aliphatic heterocycles. The van der Waals surface area contributed by atoms with Crippen LogP contribution in [0.1, 0.15) is 78.4 Å². The van der Waals surface area contributed by atoms with Crippen LogP contribution in [0.4, 0.5) is 0 Å². The van der Waals surface area contributed by atoms with Crippen molar-refractivity contribution < 1.29 is 4.74 Å². The van der Waals surface area contributed by atoms with Crippen LogP contribution in [-0.2, 0) is 10.8 Å². The summed E-state index contributed by atoms with van der Waals surface area (Å²) < 4.78 is 6.44. The molecule has 0 radical (unpaired) electrons. The minimum Gasteiger partial charge on any atom is -0.493 e. The van der Waals surface area contributed by atoms with Gasteiger partial charge in [0.2, 0.25) is 0 Å². The molecule has 192 valence electrons. The summed E-state index contributed by atoms with van der Waals surface area (Å²) in [7, 11) is 2.20. The molecule has 4 rings (SSSR count). The van der Waals surface area contributed by atoms with Gasteiger partial charge in [0.05, 0.1) is 6.61 Å².